The van der Waals surface area contributed by atoms with Crippen LogP contribution in [0.15, 0.2) is 59.0 Å². The van der Waals surface area contributed by atoms with Gasteiger partial charge in [0.15, 0.2) is 0 Å². The SMILES string of the molecule is FC(F)(F)C1=CC(c2ccccc2)=NC2=C[CH]NN21. The lowest BCUT2D eigenvalue weighted by atomic mass is 10.1. The largest absolute Gasteiger partial charge is 0.433 e. The summed E-state index contributed by atoms with van der Waals surface area (Å²) in [4.78, 5) is 4.21. The van der Waals surface area contributed by atoms with Gasteiger partial charge in [-0.25, -0.2) is 10.4 Å². The molecule has 3 nitrogen and oxygen atoms in total. The molecule has 1 aromatic rings. The maximum Gasteiger partial charge on any atom is 0.433 e. The van der Waals surface area contributed by atoms with Crippen molar-refractivity contribution in [2.24, 2.45) is 4.99 Å². The maximum atomic E-state index is 13.0. The summed E-state index contributed by atoms with van der Waals surface area (Å²) >= 11 is 0. The smallest absolute Gasteiger partial charge is 0.254 e. The highest BCUT2D eigenvalue weighted by Crippen LogP contribution is 2.34. The first-order chi connectivity index (χ1) is 9.05. The van der Waals surface area contributed by atoms with Crippen molar-refractivity contribution in [2.75, 3.05) is 0 Å². The lowest BCUT2D eigenvalue weighted by molar-refractivity contribution is -0.111. The Morgan fingerprint density at radius 1 is 1.11 bits per heavy atom. The van der Waals surface area contributed by atoms with E-state index in [1.54, 1.807) is 30.3 Å². The van der Waals surface area contributed by atoms with E-state index in [-0.39, 0.29) is 5.82 Å². The number of allylic oxidation sites excluding steroid dienone is 2. The molecular weight excluding hydrogens is 255 g/mol. The van der Waals surface area contributed by atoms with Crippen molar-refractivity contribution >= 4 is 5.71 Å². The number of benzene rings is 1. The van der Waals surface area contributed by atoms with Gasteiger partial charge >= 0.3 is 6.18 Å². The van der Waals surface area contributed by atoms with E-state index in [1.165, 1.54) is 12.6 Å². The van der Waals surface area contributed by atoms with Gasteiger partial charge in [0.1, 0.15) is 11.5 Å². The first-order valence-corrected chi connectivity index (χ1v) is 5.58. The molecule has 6 heteroatoms. The molecule has 0 aliphatic carbocycles. The molecule has 2 aliphatic heterocycles. The van der Waals surface area contributed by atoms with Crippen LogP contribution < -0.4 is 5.43 Å². The molecule has 0 fully saturated rings. The molecule has 3 rings (SSSR count). The Morgan fingerprint density at radius 2 is 1.84 bits per heavy atom. The van der Waals surface area contributed by atoms with Crippen molar-refractivity contribution < 1.29 is 13.2 Å². The van der Waals surface area contributed by atoms with Crippen molar-refractivity contribution in [3.63, 3.8) is 0 Å². The first kappa shape index (κ1) is 12.0. The predicted molar refractivity (Wildman–Crippen MR) is 64.5 cm³/mol. The highest BCUT2D eigenvalue weighted by Gasteiger charge is 2.42. The predicted octanol–water partition coefficient (Wildman–Crippen LogP) is 2.76. The number of hydrogen-bond donors (Lipinski definition) is 1. The van der Waals surface area contributed by atoms with Crippen molar-refractivity contribution in [2.45, 2.75) is 6.18 Å². The van der Waals surface area contributed by atoms with Gasteiger partial charge in [-0.05, 0) is 12.2 Å². The second-order valence-electron chi connectivity index (χ2n) is 4.05. The molecule has 2 heterocycles. The molecule has 0 bridgehead atoms. The zero-order valence-corrected chi connectivity index (χ0v) is 9.65. The van der Waals surface area contributed by atoms with Crippen molar-refractivity contribution in [3.05, 3.63) is 66.1 Å². The summed E-state index contributed by atoms with van der Waals surface area (Å²) in [6.07, 6.45) is -1.90. The Labute approximate surface area is 107 Å². The van der Waals surface area contributed by atoms with Gasteiger partial charge in [-0.15, -0.1) is 0 Å². The Balaban J connectivity index is 2.08. The normalized spacial score (nSPS) is 18.7. The summed E-state index contributed by atoms with van der Waals surface area (Å²) in [5.41, 5.74) is 2.68. The van der Waals surface area contributed by atoms with Crippen molar-refractivity contribution in [1.29, 1.82) is 0 Å². The van der Waals surface area contributed by atoms with E-state index < -0.39 is 11.9 Å². The average molecular weight is 264 g/mol. The van der Waals surface area contributed by atoms with E-state index >= 15 is 0 Å². The van der Waals surface area contributed by atoms with Crippen LogP contribution in [-0.2, 0) is 0 Å². The fraction of sp³-hybridized carbons (Fsp3) is 0.0769. The summed E-state index contributed by atoms with van der Waals surface area (Å²) in [6, 6.07) is 8.78. The Hall–Kier alpha value is -2.08. The molecule has 1 N–H and O–H groups in total. The second kappa shape index (κ2) is 4.24. The van der Waals surface area contributed by atoms with Crippen molar-refractivity contribution in [1.82, 2.24) is 10.4 Å². The number of fused-ring (bicyclic) bond motifs is 1. The second-order valence-corrected chi connectivity index (χ2v) is 4.05. The fourth-order valence-electron chi connectivity index (χ4n) is 1.92. The molecule has 1 radical (unpaired) electrons. The van der Waals surface area contributed by atoms with E-state index in [0.29, 0.717) is 11.3 Å². The number of hydrazine groups is 1. The summed E-state index contributed by atoms with van der Waals surface area (Å²) in [7, 11) is 0. The first-order valence-electron chi connectivity index (χ1n) is 5.58. The highest BCUT2D eigenvalue weighted by molar-refractivity contribution is 6.10. The summed E-state index contributed by atoms with van der Waals surface area (Å²) in [6.45, 7) is 1.42. The molecule has 0 unspecified atom stereocenters. The van der Waals surface area contributed by atoms with Crippen molar-refractivity contribution in [3.8, 4) is 0 Å². The minimum absolute atomic E-state index is 0.230. The van der Waals surface area contributed by atoms with E-state index in [2.05, 4.69) is 10.4 Å². The van der Waals surface area contributed by atoms with Gasteiger partial charge in [0, 0.05) is 5.56 Å². The molecule has 19 heavy (non-hydrogen) atoms. The van der Waals surface area contributed by atoms with Crippen LogP contribution in [-0.4, -0.2) is 16.9 Å². The third-order valence-corrected chi connectivity index (χ3v) is 2.77. The summed E-state index contributed by atoms with van der Waals surface area (Å²) < 4.78 is 39.1. The van der Waals surface area contributed by atoms with E-state index in [0.717, 1.165) is 11.1 Å². The molecule has 0 spiro atoms. The molecule has 0 saturated heterocycles. The third-order valence-electron chi connectivity index (χ3n) is 2.77. The fourth-order valence-corrected chi connectivity index (χ4v) is 1.92. The van der Waals surface area contributed by atoms with E-state index in [4.69, 9.17) is 0 Å². The van der Waals surface area contributed by atoms with Crippen LogP contribution in [0.4, 0.5) is 13.2 Å². The molecule has 0 aromatic heterocycles. The highest BCUT2D eigenvalue weighted by atomic mass is 19.4. The van der Waals surface area contributed by atoms with Crippen LogP contribution >= 0.6 is 0 Å². The zero-order chi connectivity index (χ0) is 13.5. The van der Waals surface area contributed by atoms with Gasteiger partial charge in [-0.3, -0.25) is 5.01 Å². The quantitative estimate of drug-likeness (QED) is 0.844. The number of alkyl halides is 3. The molecule has 97 valence electrons. The lowest BCUT2D eigenvalue weighted by Gasteiger charge is -2.28. The standard InChI is InChI=1S/C13H9F3N3/c14-13(15,16)11-8-10(9-4-2-1-3-5-9)18-12-6-7-17-19(11)12/h1-8,17H. The van der Waals surface area contributed by atoms with Gasteiger partial charge in [0.05, 0.1) is 12.3 Å². The minimum Gasteiger partial charge on any atom is -0.254 e. The van der Waals surface area contributed by atoms with Crippen LogP contribution in [0.2, 0.25) is 0 Å². The minimum atomic E-state index is -4.44. The maximum absolute atomic E-state index is 13.0. The number of nitrogens with one attached hydrogen (secondary N) is 1. The van der Waals surface area contributed by atoms with Crippen LogP contribution in [0.1, 0.15) is 5.56 Å². The Kier molecular flexibility index (Phi) is 2.67. The topological polar surface area (TPSA) is 27.6 Å². The number of aliphatic imine (C=N–C) groups is 1. The molecule has 1 aromatic carbocycles. The zero-order valence-electron chi connectivity index (χ0n) is 9.65. The average Bonchev–Trinajstić information content (AvgIpc) is 2.85. The molecular formula is C13H9F3N3. The monoisotopic (exact) mass is 264 g/mol. The molecule has 0 saturated carbocycles. The van der Waals surface area contributed by atoms with Crippen LogP contribution in [0, 0.1) is 6.54 Å². The summed E-state index contributed by atoms with van der Waals surface area (Å²) in [5, 5.41) is 0.923. The third kappa shape index (κ3) is 2.15. The van der Waals surface area contributed by atoms with Crippen LogP contribution in [0.5, 0.6) is 0 Å². The molecule has 2 aliphatic rings. The number of halogens is 3. The Bertz CT molecular complexity index is 585. The van der Waals surface area contributed by atoms with Gasteiger partial charge in [-0.2, -0.15) is 13.2 Å². The van der Waals surface area contributed by atoms with Gasteiger partial charge in [-0.1, -0.05) is 30.3 Å². The lowest BCUT2D eigenvalue weighted by Crippen LogP contribution is -2.38. The van der Waals surface area contributed by atoms with E-state index in [1.807, 2.05) is 0 Å². The number of nitrogens with zero attached hydrogens (tertiary/aromatic N) is 2. The Morgan fingerprint density at radius 3 is 2.53 bits per heavy atom. The summed E-state index contributed by atoms with van der Waals surface area (Å²) in [5.74, 6) is 0.230. The van der Waals surface area contributed by atoms with Crippen LogP contribution in [0.25, 0.3) is 0 Å². The van der Waals surface area contributed by atoms with Gasteiger partial charge < -0.3 is 0 Å². The number of rotatable bonds is 1. The molecule has 0 amide bonds. The van der Waals surface area contributed by atoms with Gasteiger partial charge in [0.2, 0.25) is 0 Å². The van der Waals surface area contributed by atoms with Crippen LogP contribution in [0.3, 0.4) is 0 Å². The number of hydrogen-bond acceptors (Lipinski definition) is 3. The van der Waals surface area contributed by atoms with E-state index in [9.17, 15) is 13.2 Å². The van der Waals surface area contributed by atoms with Gasteiger partial charge in [0.25, 0.3) is 0 Å². The molecule has 0 atom stereocenters.